The standard InChI is InChI=1S/C17H34N6/c1-7-8-9-10-14(2)21-17(18-3)19-12-16(22(4)5)15-11-20-23(6)13-15/h11,13-14,16H,7-10,12H2,1-6H3,(H2,18,19,21). The van der Waals surface area contributed by atoms with E-state index in [1.807, 2.05) is 25.0 Å². The summed E-state index contributed by atoms with van der Waals surface area (Å²) in [6.45, 7) is 5.24. The summed E-state index contributed by atoms with van der Waals surface area (Å²) in [5.41, 5.74) is 1.21. The Kier molecular flexibility index (Phi) is 8.69. The Morgan fingerprint density at radius 2 is 2.13 bits per heavy atom. The van der Waals surface area contributed by atoms with Crippen LogP contribution in [0.25, 0.3) is 0 Å². The molecule has 23 heavy (non-hydrogen) atoms. The third kappa shape index (κ3) is 7.03. The molecule has 0 aliphatic carbocycles. The number of nitrogens with zero attached hydrogens (tertiary/aromatic N) is 4. The van der Waals surface area contributed by atoms with Gasteiger partial charge in [0.05, 0.1) is 12.2 Å². The van der Waals surface area contributed by atoms with E-state index in [2.05, 4.69) is 59.8 Å². The fourth-order valence-corrected chi connectivity index (χ4v) is 2.60. The molecular weight excluding hydrogens is 288 g/mol. The van der Waals surface area contributed by atoms with Gasteiger partial charge in [-0.3, -0.25) is 9.67 Å². The fraction of sp³-hybridized carbons (Fsp3) is 0.765. The highest BCUT2D eigenvalue weighted by Crippen LogP contribution is 2.16. The molecule has 132 valence electrons. The van der Waals surface area contributed by atoms with Gasteiger partial charge in [-0.15, -0.1) is 0 Å². The Morgan fingerprint density at radius 3 is 2.65 bits per heavy atom. The van der Waals surface area contributed by atoms with Crippen molar-refractivity contribution in [3.8, 4) is 0 Å². The SMILES string of the molecule is CCCCCC(C)NC(=NC)NCC(c1cnn(C)c1)N(C)C. The van der Waals surface area contributed by atoms with Crippen LogP contribution in [0.15, 0.2) is 17.4 Å². The third-order valence-electron chi connectivity index (χ3n) is 4.04. The zero-order chi connectivity index (χ0) is 17.2. The Bertz CT molecular complexity index is 465. The van der Waals surface area contributed by atoms with Crippen LogP contribution >= 0.6 is 0 Å². The summed E-state index contributed by atoms with van der Waals surface area (Å²) >= 11 is 0. The van der Waals surface area contributed by atoms with Crippen molar-refractivity contribution in [1.29, 1.82) is 0 Å². The average Bonchev–Trinajstić information content (AvgIpc) is 2.92. The summed E-state index contributed by atoms with van der Waals surface area (Å²) in [6.07, 6.45) is 8.98. The number of guanidine groups is 1. The largest absolute Gasteiger partial charge is 0.354 e. The number of hydrogen-bond donors (Lipinski definition) is 2. The first-order valence-corrected chi connectivity index (χ1v) is 8.60. The molecule has 0 aliphatic heterocycles. The van der Waals surface area contributed by atoms with Gasteiger partial charge in [0.15, 0.2) is 5.96 Å². The van der Waals surface area contributed by atoms with Crippen molar-refractivity contribution in [2.24, 2.45) is 12.0 Å². The molecule has 1 aromatic rings. The molecule has 1 rings (SSSR count). The van der Waals surface area contributed by atoms with Crippen LogP contribution in [-0.4, -0.2) is 54.4 Å². The van der Waals surface area contributed by atoms with Crippen LogP contribution in [0.4, 0.5) is 0 Å². The zero-order valence-electron chi connectivity index (χ0n) is 15.6. The summed E-state index contributed by atoms with van der Waals surface area (Å²) in [5, 5.41) is 11.2. The van der Waals surface area contributed by atoms with Gasteiger partial charge in [0.25, 0.3) is 0 Å². The third-order valence-corrected chi connectivity index (χ3v) is 4.04. The number of nitrogens with one attached hydrogen (secondary N) is 2. The summed E-state index contributed by atoms with van der Waals surface area (Å²) < 4.78 is 1.84. The molecule has 1 heterocycles. The van der Waals surface area contributed by atoms with Crippen LogP contribution in [0.2, 0.25) is 0 Å². The minimum absolute atomic E-state index is 0.262. The van der Waals surface area contributed by atoms with E-state index in [1.165, 1.54) is 31.2 Å². The van der Waals surface area contributed by atoms with Crippen molar-refractivity contribution < 1.29 is 0 Å². The molecule has 0 saturated carbocycles. The number of unbranched alkanes of at least 4 members (excludes halogenated alkanes) is 2. The van der Waals surface area contributed by atoms with Gasteiger partial charge in [-0.25, -0.2) is 0 Å². The van der Waals surface area contributed by atoms with Gasteiger partial charge in [0, 0.05) is 38.4 Å². The second kappa shape index (κ2) is 10.3. The molecule has 2 atom stereocenters. The molecule has 0 fully saturated rings. The topological polar surface area (TPSA) is 57.5 Å². The lowest BCUT2D eigenvalue weighted by atomic mass is 10.1. The first-order valence-electron chi connectivity index (χ1n) is 8.60. The average molecular weight is 323 g/mol. The van der Waals surface area contributed by atoms with E-state index in [-0.39, 0.29) is 6.04 Å². The maximum Gasteiger partial charge on any atom is 0.191 e. The van der Waals surface area contributed by atoms with E-state index in [9.17, 15) is 0 Å². The first kappa shape index (κ1) is 19.5. The van der Waals surface area contributed by atoms with Crippen molar-refractivity contribution in [3.63, 3.8) is 0 Å². The highest BCUT2D eigenvalue weighted by molar-refractivity contribution is 5.79. The number of likely N-dealkylation sites (N-methyl/N-ethyl adjacent to an activating group) is 1. The minimum Gasteiger partial charge on any atom is -0.354 e. The van der Waals surface area contributed by atoms with Crippen molar-refractivity contribution >= 4 is 5.96 Å². The molecule has 0 aromatic carbocycles. The number of hydrogen-bond acceptors (Lipinski definition) is 3. The normalized spacial score (nSPS) is 14.8. The van der Waals surface area contributed by atoms with Crippen LogP contribution in [0.3, 0.4) is 0 Å². The lowest BCUT2D eigenvalue weighted by molar-refractivity contribution is 0.297. The van der Waals surface area contributed by atoms with Gasteiger partial charge in [-0.1, -0.05) is 26.2 Å². The predicted molar refractivity (Wildman–Crippen MR) is 97.7 cm³/mol. The van der Waals surface area contributed by atoms with E-state index < -0.39 is 0 Å². The highest BCUT2D eigenvalue weighted by atomic mass is 15.3. The summed E-state index contributed by atoms with van der Waals surface area (Å²) in [5.74, 6) is 0.865. The Hall–Kier alpha value is -1.56. The minimum atomic E-state index is 0.262. The van der Waals surface area contributed by atoms with Crippen LogP contribution in [0.1, 0.15) is 51.1 Å². The van der Waals surface area contributed by atoms with Gasteiger partial charge in [0.2, 0.25) is 0 Å². The molecule has 2 N–H and O–H groups in total. The maximum absolute atomic E-state index is 4.34. The Morgan fingerprint density at radius 1 is 1.39 bits per heavy atom. The van der Waals surface area contributed by atoms with Crippen LogP contribution in [0.5, 0.6) is 0 Å². The molecule has 0 saturated heterocycles. The molecule has 0 aliphatic rings. The van der Waals surface area contributed by atoms with E-state index in [1.54, 1.807) is 0 Å². The molecule has 6 heteroatoms. The van der Waals surface area contributed by atoms with Crippen molar-refractivity contribution in [2.45, 2.75) is 51.6 Å². The highest BCUT2D eigenvalue weighted by Gasteiger charge is 2.16. The quantitative estimate of drug-likeness (QED) is 0.415. The van der Waals surface area contributed by atoms with Crippen LogP contribution < -0.4 is 10.6 Å². The summed E-state index contributed by atoms with van der Waals surface area (Å²) in [6, 6.07) is 0.696. The molecular formula is C17H34N6. The van der Waals surface area contributed by atoms with Gasteiger partial charge in [-0.05, 0) is 27.4 Å². The van der Waals surface area contributed by atoms with Crippen molar-refractivity contribution in [2.75, 3.05) is 27.7 Å². The Balaban J connectivity index is 2.51. The van der Waals surface area contributed by atoms with Crippen LogP contribution in [0, 0.1) is 0 Å². The van der Waals surface area contributed by atoms with E-state index in [0.29, 0.717) is 6.04 Å². The number of aromatic nitrogens is 2. The molecule has 0 spiro atoms. The van der Waals surface area contributed by atoms with Gasteiger partial charge in [0.1, 0.15) is 0 Å². The van der Waals surface area contributed by atoms with Crippen molar-refractivity contribution in [3.05, 3.63) is 18.0 Å². The summed E-state index contributed by atoms with van der Waals surface area (Å²) in [4.78, 5) is 6.54. The van der Waals surface area contributed by atoms with E-state index >= 15 is 0 Å². The number of aliphatic imine (C=N–C) groups is 1. The smallest absolute Gasteiger partial charge is 0.191 e. The molecule has 0 radical (unpaired) electrons. The van der Waals surface area contributed by atoms with E-state index in [0.717, 1.165) is 12.5 Å². The number of aryl methyl sites for hydroxylation is 1. The molecule has 1 aromatic heterocycles. The summed E-state index contributed by atoms with van der Waals surface area (Å²) in [7, 11) is 7.94. The Labute approximate surface area is 141 Å². The second-order valence-corrected chi connectivity index (χ2v) is 6.42. The lowest BCUT2D eigenvalue weighted by Gasteiger charge is -2.25. The molecule has 2 unspecified atom stereocenters. The lowest BCUT2D eigenvalue weighted by Crippen LogP contribution is -2.45. The fourth-order valence-electron chi connectivity index (χ4n) is 2.60. The van der Waals surface area contributed by atoms with E-state index in [4.69, 9.17) is 0 Å². The molecule has 0 amide bonds. The maximum atomic E-state index is 4.34. The number of rotatable bonds is 9. The molecule has 6 nitrogen and oxygen atoms in total. The molecule has 0 bridgehead atoms. The first-order chi connectivity index (χ1) is 11.0. The van der Waals surface area contributed by atoms with Gasteiger partial charge in [-0.2, -0.15) is 5.10 Å². The monoisotopic (exact) mass is 322 g/mol. The van der Waals surface area contributed by atoms with Gasteiger partial charge < -0.3 is 15.5 Å². The van der Waals surface area contributed by atoms with Crippen molar-refractivity contribution in [1.82, 2.24) is 25.3 Å². The van der Waals surface area contributed by atoms with Gasteiger partial charge >= 0.3 is 0 Å². The van der Waals surface area contributed by atoms with Crippen LogP contribution in [-0.2, 0) is 7.05 Å². The second-order valence-electron chi connectivity index (χ2n) is 6.42. The zero-order valence-corrected chi connectivity index (χ0v) is 15.6. The predicted octanol–water partition coefficient (Wildman–Crippen LogP) is 2.16.